The number of thiazole rings is 1. The second-order valence-electron chi connectivity index (χ2n) is 8.94. The van der Waals surface area contributed by atoms with Gasteiger partial charge in [-0.25, -0.2) is 4.98 Å². The zero-order chi connectivity index (χ0) is 19.7. The predicted molar refractivity (Wildman–Crippen MR) is 113 cm³/mol. The lowest BCUT2D eigenvalue weighted by atomic mass is 9.95. The van der Waals surface area contributed by atoms with Gasteiger partial charge in [-0.2, -0.15) is 0 Å². The first kappa shape index (κ1) is 20.3. The minimum atomic E-state index is 0.121. The Bertz CT molecular complexity index is 659. The van der Waals surface area contributed by atoms with Crippen LogP contribution in [0.4, 0.5) is 5.13 Å². The Hall–Kier alpha value is -1.02. The summed E-state index contributed by atoms with van der Waals surface area (Å²) in [5.74, 6) is 0.916. The van der Waals surface area contributed by atoms with Crippen molar-refractivity contribution < 1.29 is 9.53 Å². The Kier molecular flexibility index (Phi) is 6.35. The summed E-state index contributed by atoms with van der Waals surface area (Å²) in [6.45, 7) is 12.6. The second kappa shape index (κ2) is 8.78. The molecule has 2 aliphatic heterocycles. The van der Waals surface area contributed by atoms with Gasteiger partial charge in [-0.05, 0) is 58.5 Å². The minimum Gasteiger partial charge on any atom is -0.373 e. The van der Waals surface area contributed by atoms with Crippen molar-refractivity contribution in [2.45, 2.75) is 71.2 Å². The van der Waals surface area contributed by atoms with Crippen LogP contribution in [-0.2, 0) is 16.1 Å². The zero-order valence-electron chi connectivity index (χ0n) is 17.5. The first-order chi connectivity index (χ1) is 13.5. The van der Waals surface area contributed by atoms with Gasteiger partial charge in [0.2, 0.25) is 5.91 Å². The van der Waals surface area contributed by atoms with Crippen molar-refractivity contribution in [1.82, 2.24) is 14.8 Å². The van der Waals surface area contributed by atoms with Crippen LogP contribution in [0.1, 0.15) is 52.1 Å². The molecule has 3 aliphatic rings. The maximum atomic E-state index is 11.9. The molecule has 0 aromatic carbocycles. The molecule has 0 radical (unpaired) electrons. The molecule has 3 fully saturated rings. The molecule has 0 bridgehead atoms. The topological polar surface area (TPSA) is 48.9 Å². The number of morpholine rings is 1. The van der Waals surface area contributed by atoms with E-state index in [-0.39, 0.29) is 5.91 Å². The SMILES string of the molecule is CC(=O)N(c1nc(CN2CCC(CN3CC(C)OC(C)C3)CC2)cs1)C1CC1. The fourth-order valence-electron chi connectivity index (χ4n) is 4.72. The average Bonchev–Trinajstić information content (AvgIpc) is 3.34. The van der Waals surface area contributed by atoms with Crippen molar-refractivity contribution in [3.8, 4) is 0 Å². The van der Waals surface area contributed by atoms with Crippen molar-refractivity contribution in [2.24, 2.45) is 5.92 Å². The smallest absolute Gasteiger partial charge is 0.225 e. The van der Waals surface area contributed by atoms with E-state index in [0.29, 0.717) is 18.2 Å². The molecular formula is C21H34N4O2S. The van der Waals surface area contributed by atoms with Crippen molar-refractivity contribution in [3.63, 3.8) is 0 Å². The summed E-state index contributed by atoms with van der Waals surface area (Å²) in [5, 5.41) is 3.02. The quantitative estimate of drug-likeness (QED) is 0.727. The highest BCUT2D eigenvalue weighted by Gasteiger charge is 2.34. The van der Waals surface area contributed by atoms with Crippen LogP contribution in [-0.4, -0.2) is 71.7 Å². The van der Waals surface area contributed by atoms with Gasteiger partial charge in [-0.3, -0.25) is 19.5 Å². The molecule has 4 rings (SSSR count). The summed E-state index contributed by atoms with van der Waals surface area (Å²) >= 11 is 1.62. The second-order valence-corrected chi connectivity index (χ2v) is 9.77. The number of piperidine rings is 1. The lowest BCUT2D eigenvalue weighted by Gasteiger charge is -2.39. The third kappa shape index (κ3) is 5.12. The number of hydrogen-bond acceptors (Lipinski definition) is 6. The van der Waals surface area contributed by atoms with Crippen LogP contribution in [0.5, 0.6) is 0 Å². The van der Waals surface area contributed by atoms with Crippen LogP contribution < -0.4 is 4.90 Å². The van der Waals surface area contributed by atoms with E-state index in [1.165, 1.54) is 19.4 Å². The number of carbonyl (C=O) groups excluding carboxylic acids is 1. The lowest BCUT2D eigenvalue weighted by molar-refractivity contribution is -0.116. The van der Waals surface area contributed by atoms with E-state index in [9.17, 15) is 4.79 Å². The van der Waals surface area contributed by atoms with Crippen LogP contribution in [0, 0.1) is 5.92 Å². The summed E-state index contributed by atoms with van der Waals surface area (Å²) in [5.41, 5.74) is 1.11. The number of likely N-dealkylation sites (tertiary alicyclic amines) is 1. The molecule has 3 heterocycles. The molecule has 1 aromatic heterocycles. The molecule has 0 spiro atoms. The molecule has 1 amide bonds. The molecule has 2 atom stereocenters. The molecule has 1 saturated carbocycles. The molecule has 0 N–H and O–H groups in total. The van der Waals surface area contributed by atoms with Gasteiger partial charge in [0.05, 0.1) is 17.9 Å². The third-order valence-corrected chi connectivity index (χ3v) is 6.99. The van der Waals surface area contributed by atoms with Crippen molar-refractivity contribution >= 4 is 22.4 Å². The highest BCUT2D eigenvalue weighted by atomic mass is 32.1. The number of amides is 1. The van der Waals surface area contributed by atoms with Gasteiger partial charge in [0, 0.05) is 44.5 Å². The summed E-state index contributed by atoms with van der Waals surface area (Å²) < 4.78 is 5.86. The summed E-state index contributed by atoms with van der Waals surface area (Å²) in [6, 6.07) is 0.387. The number of rotatable bonds is 6. The van der Waals surface area contributed by atoms with E-state index >= 15 is 0 Å². The van der Waals surface area contributed by atoms with Crippen LogP contribution in [0.25, 0.3) is 0 Å². The first-order valence-corrected chi connectivity index (χ1v) is 11.7. The van der Waals surface area contributed by atoms with Crippen molar-refractivity contribution in [3.05, 3.63) is 11.1 Å². The van der Waals surface area contributed by atoms with E-state index in [1.54, 1.807) is 18.3 Å². The largest absolute Gasteiger partial charge is 0.373 e. The highest BCUT2D eigenvalue weighted by Crippen LogP contribution is 2.34. The van der Waals surface area contributed by atoms with Gasteiger partial charge in [0.1, 0.15) is 0 Å². The number of aromatic nitrogens is 1. The summed E-state index contributed by atoms with van der Waals surface area (Å²) in [7, 11) is 0. The third-order valence-electron chi connectivity index (χ3n) is 6.10. The summed E-state index contributed by atoms with van der Waals surface area (Å²) in [4.78, 5) is 23.7. The van der Waals surface area contributed by atoms with Gasteiger partial charge in [-0.15, -0.1) is 11.3 Å². The summed E-state index contributed by atoms with van der Waals surface area (Å²) in [6.07, 6.45) is 5.46. The van der Waals surface area contributed by atoms with Gasteiger partial charge in [0.25, 0.3) is 0 Å². The van der Waals surface area contributed by atoms with Crippen LogP contribution in [0.15, 0.2) is 5.38 Å². The molecule has 2 unspecified atom stereocenters. The van der Waals surface area contributed by atoms with Gasteiger partial charge >= 0.3 is 0 Å². The van der Waals surface area contributed by atoms with Crippen molar-refractivity contribution in [1.29, 1.82) is 0 Å². The number of hydrogen-bond donors (Lipinski definition) is 0. The lowest BCUT2D eigenvalue weighted by Crippen LogP contribution is -2.48. The van der Waals surface area contributed by atoms with Gasteiger partial charge in [-0.1, -0.05) is 0 Å². The monoisotopic (exact) mass is 406 g/mol. The van der Waals surface area contributed by atoms with Crippen molar-refractivity contribution in [2.75, 3.05) is 37.6 Å². The number of ether oxygens (including phenoxy) is 1. The maximum absolute atomic E-state index is 11.9. The molecular weight excluding hydrogens is 372 g/mol. The van der Waals surface area contributed by atoms with Crippen LogP contribution in [0.3, 0.4) is 0 Å². The molecule has 2 saturated heterocycles. The van der Waals surface area contributed by atoms with Gasteiger partial charge in [0.15, 0.2) is 5.13 Å². The maximum Gasteiger partial charge on any atom is 0.225 e. The van der Waals surface area contributed by atoms with E-state index < -0.39 is 0 Å². The zero-order valence-corrected chi connectivity index (χ0v) is 18.3. The Morgan fingerprint density at radius 1 is 1.18 bits per heavy atom. The molecule has 1 aromatic rings. The molecule has 1 aliphatic carbocycles. The van der Waals surface area contributed by atoms with E-state index in [2.05, 4.69) is 29.0 Å². The standard InChI is InChI=1S/C21H34N4O2S/c1-15-10-24(11-16(2)27-15)12-18-6-8-23(9-7-18)13-19-14-28-21(22-19)25(17(3)26)20-4-5-20/h14-16,18,20H,4-13H2,1-3H3. The van der Waals surface area contributed by atoms with Crippen LogP contribution in [0.2, 0.25) is 0 Å². The highest BCUT2D eigenvalue weighted by molar-refractivity contribution is 7.14. The normalized spacial score (nSPS) is 27.8. The van der Waals surface area contributed by atoms with E-state index in [0.717, 1.165) is 62.3 Å². The van der Waals surface area contributed by atoms with Gasteiger partial charge < -0.3 is 4.74 Å². The van der Waals surface area contributed by atoms with E-state index in [1.807, 2.05) is 4.90 Å². The number of nitrogens with zero attached hydrogens (tertiary/aromatic N) is 4. The molecule has 7 heteroatoms. The molecule has 6 nitrogen and oxygen atoms in total. The first-order valence-electron chi connectivity index (χ1n) is 10.8. The minimum absolute atomic E-state index is 0.121. The fourth-order valence-corrected chi connectivity index (χ4v) is 5.64. The predicted octanol–water partition coefficient (Wildman–Crippen LogP) is 2.98. The Morgan fingerprint density at radius 3 is 2.46 bits per heavy atom. The molecule has 28 heavy (non-hydrogen) atoms. The van der Waals surface area contributed by atoms with E-state index in [4.69, 9.17) is 9.72 Å². The Balaban J connectivity index is 1.24. The number of anilines is 1. The Labute approximate surface area is 172 Å². The average molecular weight is 407 g/mol. The Morgan fingerprint density at radius 2 is 1.86 bits per heavy atom. The fraction of sp³-hybridized carbons (Fsp3) is 0.810. The molecule has 156 valence electrons. The number of carbonyl (C=O) groups is 1. The van der Waals surface area contributed by atoms with Crippen LogP contribution >= 0.6 is 11.3 Å².